The van der Waals surface area contributed by atoms with Gasteiger partial charge in [0.15, 0.2) is 6.61 Å². The van der Waals surface area contributed by atoms with Gasteiger partial charge in [-0.2, -0.15) is 0 Å². The summed E-state index contributed by atoms with van der Waals surface area (Å²) in [5.74, 6) is 0.871. The number of nitrogens with zero attached hydrogens (tertiary/aromatic N) is 1. The standard InChI is InChI=1S/C13H15N3O2/c1-9-5-10(2)7-11(6-9)18-8-12(17)16-13-14-3-4-15-13/h3-7H,8H2,1-2H3,(H2,14,15,16,17). The lowest BCUT2D eigenvalue weighted by Gasteiger charge is -2.07. The number of carbonyl (C=O) groups excluding carboxylic acids is 1. The van der Waals surface area contributed by atoms with E-state index in [9.17, 15) is 4.79 Å². The van der Waals surface area contributed by atoms with Crippen LogP contribution in [-0.2, 0) is 4.79 Å². The first kappa shape index (κ1) is 12.2. The largest absolute Gasteiger partial charge is 0.484 e. The van der Waals surface area contributed by atoms with Crippen LogP contribution in [0.3, 0.4) is 0 Å². The zero-order chi connectivity index (χ0) is 13.0. The van der Waals surface area contributed by atoms with Crippen LogP contribution >= 0.6 is 0 Å². The molecule has 0 atom stereocenters. The van der Waals surface area contributed by atoms with Gasteiger partial charge in [0.05, 0.1) is 0 Å². The van der Waals surface area contributed by atoms with Crippen LogP contribution in [-0.4, -0.2) is 22.5 Å². The number of aromatic amines is 1. The maximum atomic E-state index is 11.6. The van der Waals surface area contributed by atoms with Crippen LogP contribution in [0.15, 0.2) is 30.6 Å². The molecule has 0 aliphatic rings. The van der Waals surface area contributed by atoms with Gasteiger partial charge < -0.3 is 9.72 Å². The summed E-state index contributed by atoms with van der Waals surface area (Å²) in [4.78, 5) is 18.2. The van der Waals surface area contributed by atoms with E-state index < -0.39 is 0 Å². The van der Waals surface area contributed by atoms with Gasteiger partial charge in [-0.05, 0) is 37.1 Å². The minimum atomic E-state index is -0.246. The number of amides is 1. The van der Waals surface area contributed by atoms with Gasteiger partial charge in [0.25, 0.3) is 5.91 Å². The molecule has 1 amide bonds. The number of hydrogen-bond acceptors (Lipinski definition) is 3. The fraction of sp³-hybridized carbons (Fsp3) is 0.231. The summed E-state index contributed by atoms with van der Waals surface area (Å²) in [6, 6.07) is 5.84. The molecule has 5 nitrogen and oxygen atoms in total. The lowest BCUT2D eigenvalue weighted by atomic mass is 10.1. The highest BCUT2D eigenvalue weighted by Crippen LogP contribution is 2.16. The summed E-state index contributed by atoms with van der Waals surface area (Å²) < 4.78 is 5.42. The first-order valence-corrected chi connectivity index (χ1v) is 5.64. The Bertz CT molecular complexity index is 515. The van der Waals surface area contributed by atoms with Crippen molar-refractivity contribution < 1.29 is 9.53 Å². The topological polar surface area (TPSA) is 67.0 Å². The fourth-order valence-electron chi connectivity index (χ4n) is 1.67. The molecule has 1 aromatic carbocycles. The highest BCUT2D eigenvalue weighted by Gasteiger charge is 2.05. The molecule has 0 radical (unpaired) electrons. The molecule has 18 heavy (non-hydrogen) atoms. The van der Waals surface area contributed by atoms with Gasteiger partial charge in [0.2, 0.25) is 5.95 Å². The monoisotopic (exact) mass is 245 g/mol. The van der Waals surface area contributed by atoms with Crippen molar-refractivity contribution in [3.05, 3.63) is 41.7 Å². The second kappa shape index (κ2) is 5.35. The van der Waals surface area contributed by atoms with Gasteiger partial charge in [0.1, 0.15) is 5.75 Å². The molecule has 0 unspecified atom stereocenters. The summed E-state index contributed by atoms with van der Waals surface area (Å²) >= 11 is 0. The maximum Gasteiger partial charge on any atom is 0.264 e. The van der Waals surface area contributed by atoms with Crippen LogP contribution in [0, 0.1) is 13.8 Å². The number of benzene rings is 1. The second-order valence-electron chi connectivity index (χ2n) is 4.10. The van der Waals surface area contributed by atoms with Gasteiger partial charge in [-0.15, -0.1) is 0 Å². The number of ether oxygens (including phenoxy) is 1. The molecule has 94 valence electrons. The zero-order valence-electron chi connectivity index (χ0n) is 10.4. The average molecular weight is 245 g/mol. The van der Waals surface area contributed by atoms with E-state index in [2.05, 4.69) is 21.4 Å². The first-order valence-electron chi connectivity index (χ1n) is 5.64. The molecule has 0 fully saturated rings. The Morgan fingerprint density at radius 1 is 1.33 bits per heavy atom. The Morgan fingerprint density at radius 2 is 2.06 bits per heavy atom. The van der Waals surface area contributed by atoms with Crippen molar-refractivity contribution in [1.29, 1.82) is 0 Å². The summed E-state index contributed by atoms with van der Waals surface area (Å²) in [6.07, 6.45) is 3.21. The number of H-pyrrole nitrogens is 1. The molecule has 1 heterocycles. The minimum Gasteiger partial charge on any atom is -0.484 e. The van der Waals surface area contributed by atoms with Crippen molar-refractivity contribution in [3.63, 3.8) is 0 Å². The maximum absolute atomic E-state index is 11.6. The number of carbonyl (C=O) groups is 1. The van der Waals surface area contributed by atoms with Gasteiger partial charge in [-0.3, -0.25) is 10.1 Å². The van der Waals surface area contributed by atoms with Crippen molar-refractivity contribution in [1.82, 2.24) is 9.97 Å². The third-order valence-electron chi connectivity index (χ3n) is 2.32. The molecule has 1 aromatic heterocycles. The van der Waals surface area contributed by atoms with Gasteiger partial charge in [0, 0.05) is 12.4 Å². The summed E-state index contributed by atoms with van der Waals surface area (Å²) in [5, 5.41) is 2.59. The van der Waals surface area contributed by atoms with Crippen LogP contribution in [0.1, 0.15) is 11.1 Å². The van der Waals surface area contributed by atoms with Crippen LogP contribution in [0.4, 0.5) is 5.95 Å². The highest BCUT2D eigenvalue weighted by molar-refractivity contribution is 5.90. The average Bonchev–Trinajstić information content (AvgIpc) is 2.78. The summed E-state index contributed by atoms with van der Waals surface area (Å²) in [7, 11) is 0. The van der Waals surface area contributed by atoms with E-state index in [-0.39, 0.29) is 12.5 Å². The molecular weight excluding hydrogens is 230 g/mol. The van der Waals surface area contributed by atoms with Crippen molar-refractivity contribution in [2.75, 3.05) is 11.9 Å². The molecule has 0 saturated heterocycles. The van der Waals surface area contributed by atoms with E-state index in [0.717, 1.165) is 11.1 Å². The van der Waals surface area contributed by atoms with E-state index in [1.807, 2.05) is 26.0 Å². The summed E-state index contributed by atoms with van der Waals surface area (Å²) in [5.41, 5.74) is 2.22. The predicted molar refractivity (Wildman–Crippen MR) is 68.6 cm³/mol. The molecule has 2 rings (SSSR count). The predicted octanol–water partition coefficient (Wildman–Crippen LogP) is 2.04. The smallest absolute Gasteiger partial charge is 0.264 e. The van der Waals surface area contributed by atoms with Crippen molar-refractivity contribution >= 4 is 11.9 Å². The Morgan fingerprint density at radius 3 is 2.67 bits per heavy atom. The Balaban J connectivity index is 1.89. The molecule has 0 aliphatic carbocycles. The van der Waals surface area contributed by atoms with E-state index in [0.29, 0.717) is 11.7 Å². The van der Waals surface area contributed by atoms with Crippen LogP contribution < -0.4 is 10.1 Å². The lowest BCUT2D eigenvalue weighted by Crippen LogP contribution is -2.20. The molecule has 2 aromatic rings. The minimum absolute atomic E-state index is 0.0381. The quantitative estimate of drug-likeness (QED) is 0.866. The number of nitrogens with one attached hydrogen (secondary N) is 2. The normalized spacial score (nSPS) is 10.1. The van der Waals surface area contributed by atoms with Crippen LogP contribution in [0.5, 0.6) is 5.75 Å². The number of imidazole rings is 1. The number of aryl methyl sites for hydroxylation is 2. The Kier molecular flexibility index (Phi) is 3.62. The van der Waals surface area contributed by atoms with Crippen molar-refractivity contribution in [2.45, 2.75) is 13.8 Å². The summed E-state index contributed by atoms with van der Waals surface area (Å²) in [6.45, 7) is 3.94. The van der Waals surface area contributed by atoms with Gasteiger partial charge in [-0.25, -0.2) is 4.98 Å². The molecular formula is C13H15N3O2. The molecule has 5 heteroatoms. The fourth-order valence-corrected chi connectivity index (χ4v) is 1.67. The van der Waals surface area contributed by atoms with E-state index >= 15 is 0 Å². The molecule has 2 N–H and O–H groups in total. The third-order valence-corrected chi connectivity index (χ3v) is 2.32. The SMILES string of the molecule is Cc1cc(C)cc(OCC(=O)Nc2ncc[nH]2)c1. The lowest BCUT2D eigenvalue weighted by molar-refractivity contribution is -0.118. The number of aromatic nitrogens is 2. The molecule has 0 aliphatic heterocycles. The first-order chi connectivity index (χ1) is 8.63. The van der Waals surface area contributed by atoms with Gasteiger partial charge >= 0.3 is 0 Å². The van der Waals surface area contributed by atoms with Crippen molar-refractivity contribution in [3.8, 4) is 5.75 Å². The van der Waals surface area contributed by atoms with E-state index in [1.54, 1.807) is 12.4 Å². The second-order valence-corrected chi connectivity index (χ2v) is 4.10. The van der Waals surface area contributed by atoms with Crippen LogP contribution in [0.2, 0.25) is 0 Å². The third kappa shape index (κ3) is 3.35. The molecule has 0 spiro atoms. The Hall–Kier alpha value is -2.30. The number of rotatable bonds is 4. The zero-order valence-corrected chi connectivity index (χ0v) is 10.4. The molecule has 0 bridgehead atoms. The van der Waals surface area contributed by atoms with E-state index in [1.165, 1.54) is 0 Å². The Labute approximate surface area is 105 Å². The van der Waals surface area contributed by atoms with E-state index in [4.69, 9.17) is 4.74 Å². The highest BCUT2D eigenvalue weighted by atomic mass is 16.5. The molecule has 0 saturated carbocycles. The van der Waals surface area contributed by atoms with Gasteiger partial charge in [-0.1, -0.05) is 6.07 Å². The number of anilines is 1. The number of hydrogen-bond donors (Lipinski definition) is 2. The van der Waals surface area contributed by atoms with Crippen molar-refractivity contribution in [2.24, 2.45) is 0 Å². The van der Waals surface area contributed by atoms with Crippen LogP contribution in [0.25, 0.3) is 0 Å².